The monoisotopic (exact) mass is 265 g/mol. The number of carbonyl (C=O) groups is 1. The Bertz CT molecular complexity index is 601. The molecule has 0 aliphatic heterocycles. The number of hydrogen-bond acceptors (Lipinski definition) is 1. The van der Waals surface area contributed by atoms with E-state index >= 15 is 0 Å². The van der Waals surface area contributed by atoms with Crippen molar-refractivity contribution in [2.45, 2.75) is 32.7 Å². The molecule has 0 aliphatic rings. The molecule has 96 valence electrons. The van der Waals surface area contributed by atoms with Crippen LogP contribution in [0.25, 0.3) is 10.9 Å². The molecule has 0 saturated heterocycles. The Morgan fingerprint density at radius 2 is 1.94 bits per heavy atom. The molecule has 18 heavy (non-hydrogen) atoms. The van der Waals surface area contributed by atoms with Gasteiger partial charge in [-0.3, -0.25) is 4.79 Å². The van der Waals surface area contributed by atoms with Crippen LogP contribution in [0.1, 0.15) is 38.4 Å². The van der Waals surface area contributed by atoms with Crippen LogP contribution in [0.2, 0.25) is 5.02 Å². The number of aromatic nitrogens is 1. The van der Waals surface area contributed by atoms with Crippen LogP contribution in [0.3, 0.4) is 0 Å². The van der Waals surface area contributed by atoms with Gasteiger partial charge in [0.2, 0.25) is 0 Å². The van der Waals surface area contributed by atoms with Gasteiger partial charge >= 0.3 is 5.97 Å². The van der Waals surface area contributed by atoms with E-state index in [1.54, 1.807) is 6.92 Å². The molecule has 0 radical (unpaired) electrons. The van der Waals surface area contributed by atoms with Gasteiger partial charge in [-0.15, -0.1) is 0 Å². The molecule has 3 nitrogen and oxygen atoms in total. The molecule has 1 aromatic heterocycles. The Hall–Kier alpha value is -1.48. The van der Waals surface area contributed by atoms with E-state index in [2.05, 4.69) is 0 Å². The molecule has 1 atom stereocenters. The van der Waals surface area contributed by atoms with Gasteiger partial charge in [0.15, 0.2) is 0 Å². The van der Waals surface area contributed by atoms with E-state index in [4.69, 9.17) is 11.6 Å². The van der Waals surface area contributed by atoms with Crippen molar-refractivity contribution in [3.05, 3.63) is 35.0 Å². The largest absolute Gasteiger partial charge is 0.481 e. The van der Waals surface area contributed by atoms with E-state index in [1.165, 1.54) is 0 Å². The Morgan fingerprint density at radius 3 is 2.50 bits per heavy atom. The molecule has 1 aromatic carbocycles. The van der Waals surface area contributed by atoms with E-state index in [1.807, 2.05) is 42.7 Å². The number of carboxylic acids is 1. The lowest BCUT2D eigenvalue weighted by atomic mass is 10.1. The van der Waals surface area contributed by atoms with Gasteiger partial charge in [-0.2, -0.15) is 0 Å². The fraction of sp³-hybridized carbons (Fsp3) is 0.357. The second kappa shape index (κ2) is 4.65. The van der Waals surface area contributed by atoms with Gasteiger partial charge in [0, 0.05) is 22.3 Å². The van der Waals surface area contributed by atoms with Gasteiger partial charge in [0.05, 0.1) is 5.92 Å². The van der Waals surface area contributed by atoms with Gasteiger partial charge in [0.1, 0.15) is 0 Å². The maximum atomic E-state index is 11.2. The number of halogens is 1. The van der Waals surface area contributed by atoms with Gasteiger partial charge < -0.3 is 9.67 Å². The zero-order chi connectivity index (χ0) is 13.4. The second-order valence-electron chi connectivity index (χ2n) is 4.80. The number of benzene rings is 1. The summed E-state index contributed by atoms with van der Waals surface area (Å²) in [6, 6.07) is 7.76. The first-order chi connectivity index (χ1) is 8.41. The van der Waals surface area contributed by atoms with E-state index in [9.17, 15) is 9.90 Å². The molecule has 1 heterocycles. The molecule has 0 amide bonds. The third kappa shape index (κ3) is 2.10. The number of hydrogen-bond donors (Lipinski definition) is 1. The maximum absolute atomic E-state index is 11.2. The van der Waals surface area contributed by atoms with Crippen molar-refractivity contribution in [3.63, 3.8) is 0 Å². The highest BCUT2D eigenvalue weighted by Gasteiger charge is 2.21. The first kappa shape index (κ1) is 13.0. The Kier molecular flexibility index (Phi) is 3.35. The number of aliphatic carboxylic acids is 1. The van der Waals surface area contributed by atoms with Crippen LogP contribution in [0, 0.1) is 0 Å². The predicted molar refractivity (Wildman–Crippen MR) is 73.4 cm³/mol. The van der Waals surface area contributed by atoms with Crippen molar-refractivity contribution in [1.82, 2.24) is 4.57 Å². The fourth-order valence-corrected chi connectivity index (χ4v) is 2.42. The minimum Gasteiger partial charge on any atom is -0.481 e. The highest BCUT2D eigenvalue weighted by atomic mass is 35.5. The SMILES string of the molecule is CC(C(=O)O)c1cc2ccc(Cl)cc2n1C(C)C. The summed E-state index contributed by atoms with van der Waals surface area (Å²) in [5.74, 6) is -1.34. The third-order valence-electron chi connectivity index (χ3n) is 3.16. The molecule has 2 aromatic rings. The van der Waals surface area contributed by atoms with Crippen LogP contribution < -0.4 is 0 Å². The van der Waals surface area contributed by atoms with Crippen molar-refractivity contribution < 1.29 is 9.90 Å². The molecule has 4 heteroatoms. The average Bonchev–Trinajstić information content (AvgIpc) is 2.65. The van der Waals surface area contributed by atoms with Crippen LogP contribution in [-0.2, 0) is 4.79 Å². The lowest BCUT2D eigenvalue weighted by Crippen LogP contribution is -2.14. The molecule has 0 saturated carbocycles. The normalized spacial score (nSPS) is 13.2. The first-order valence-corrected chi connectivity index (χ1v) is 6.32. The summed E-state index contributed by atoms with van der Waals surface area (Å²) in [6.45, 7) is 5.79. The number of nitrogens with zero attached hydrogens (tertiary/aromatic N) is 1. The lowest BCUT2D eigenvalue weighted by Gasteiger charge is -2.17. The quantitative estimate of drug-likeness (QED) is 0.909. The predicted octanol–water partition coefficient (Wildman–Crippen LogP) is 4.06. The van der Waals surface area contributed by atoms with Crippen LogP contribution in [0.15, 0.2) is 24.3 Å². The zero-order valence-corrected chi connectivity index (χ0v) is 11.4. The van der Waals surface area contributed by atoms with Crippen LogP contribution in [0.4, 0.5) is 0 Å². The van der Waals surface area contributed by atoms with Crippen LogP contribution in [0.5, 0.6) is 0 Å². The van der Waals surface area contributed by atoms with Gasteiger partial charge in [-0.1, -0.05) is 17.7 Å². The zero-order valence-electron chi connectivity index (χ0n) is 10.6. The van der Waals surface area contributed by atoms with E-state index in [-0.39, 0.29) is 6.04 Å². The Labute approximate surface area is 111 Å². The van der Waals surface area contributed by atoms with Crippen molar-refractivity contribution in [1.29, 1.82) is 0 Å². The highest BCUT2D eigenvalue weighted by molar-refractivity contribution is 6.31. The summed E-state index contributed by atoms with van der Waals surface area (Å²) >= 11 is 6.02. The maximum Gasteiger partial charge on any atom is 0.312 e. The standard InChI is InChI=1S/C14H16ClNO2/c1-8(2)16-12(9(3)14(17)18)6-10-4-5-11(15)7-13(10)16/h4-9H,1-3H3,(H,17,18). The van der Waals surface area contributed by atoms with Crippen LogP contribution >= 0.6 is 11.6 Å². The summed E-state index contributed by atoms with van der Waals surface area (Å²) in [4.78, 5) is 11.2. The van der Waals surface area contributed by atoms with Gasteiger partial charge in [0.25, 0.3) is 0 Å². The van der Waals surface area contributed by atoms with E-state index in [0.29, 0.717) is 5.02 Å². The summed E-state index contributed by atoms with van der Waals surface area (Å²) in [6.07, 6.45) is 0. The van der Waals surface area contributed by atoms with Crippen LogP contribution in [-0.4, -0.2) is 15.6 Å². The number of carboxylic acid groups (broad SMARTS) is 1. The second-order valence-corrected chi connectivity index (χ2v) is 5.23. The van der Waals surface area contributed by atoms with E-state index in [0.717, 1.165) is 16.6 Å². The Morgan fingerprint density at radius 1 is 1.28 bits per heavy atom. The number of rotatable bonds is 3. The van der Waals surface area contributed by atoms with Gasteiger partial charge in [-0.05, 0) is 44.4 Å². The molecule has 0 spiro atoms. The number of fused-ring (bicyclic) bond motifs is 1. The Balaban J connectivity index is 2.73. The molecule has 1 unspecified atom stereocenters. The molecule has 0 bridgehead atoms. The van der Waals surface area contributed by atoms with E-state index < -0.39 is 11.9 Å². The van der Waals surface area contributed by atoms with Crippen molar-refractivity contribution in [2.75, 3.05) is 0 Å². The molecular formula is C14H16ClNO2. The summed E-state index contributed by atoms with van der Waals surface area (Å²) in [7, 11) is 0. The topological polar surface area (TPSA) is 42.2 Å². The van der Waals surface area contributed by atoms with Crippen molar-refractivity contribution in [3.8, 4) is 0 Å². The van der Waals surface area contributed by atoms with Crippen molar-refractivity contribution in [2.24, 2.45) is 0 Å². The van der Waals surface area contributed by atoms with Gasteiger partial charge in [-0.25, -0.2) is 0 Å². The summed E-state index contributed by atoms with van der Waals surface area (Å²) < 4.78 is 2.04. The lowest BCUT2D eigenvalue weighted by molar-refractivity contribution is -0.138. The smallest absolute Gasteiger partial charge is 0.312 e. The minimum absolute atomic E-state index is 0.192. The minimum atomic E-state index is -0.814. The fourth-order valence-electron chi connectivity index (χ4n) is 2.25. The average molecular weight is 266 g/mol. The molecule has 0 fully saturated rings. The summed E-state index contributed by atoms with van der Waals surface area (Å²) in [5.41, 5.74) is 1.80. The third-order valence-corrected chi connectivity index (χ3v) is 3.40. The van der Waals surface area contributed by atoms with Crippen molar-refractivity contribution >= 4 is 28.5 Å². The molecule has 1 N–H and O–H groups in total. The molecule has 2 rings (SSSR count). The highest BCUT2D eigenvalue weighted by Crippen LogP contribution is 2.30. The molecule has 0 aliphatic carbocycles. The molecular weight excluding hydrogens is 250 g/mol. The summed E-state index contributed by atoms with van der Waals surface area (Å²) in [5, 5.41) is 10.9. The first-order valence-electron chi connectivity index (χ1n) is 5.95.